The summed E-state index contributed by atoms with van der Waals surface area (Å²) >= 11 is 3.43. The van der Waals surface area contributed by atoms with Crippen molar-refractivity contribution in [3.63, 3.8) is 0 Å². The van der Waals surface area contributed by atoms with Gasteiger partial charge in [0.1, 0.15) is 5.52 Å². The number of fused-ring (bicyclic) bond motifs is 1. The lowest BCUT2D eigenvalue weighted by molar-refractivity contribution is 0.576. The number of pyridine rings is 2. The molecule has 0 spiro atoms. The molecule has 1 unspecified atom stereocenters. The average molecular weight is 323 g/mol. The van der Waals surface area contributed by atoms with Crippen molar-refractivity contribution in [3.05, 3.63) is 29.0 Å². The van der Waals surface area contributed by atoms with E-state index in [1.54, 1.807) is 0 Å². The number of rotatable bonds is 5. The van der Waals surface area contributed by atoms with Gasteiger partial charge in [-0.25, -0.2) is 0 Å². The van der Waals surface area contributed by atoms with Gasteiger partial charge in [-0.2, -0.15) is 0 Å². The minimum absolute atomic E-state index is 0.457. The fourth-order valence-electron chi connectivity index (χ4n) is 2.10. The van der Waals surface area contributed by atoms with Crippen LogP contribution in [0.2, 0.25) is 0 Å². The topological polar surface area (TPSA) is 55.0 Å². The molecule has 0 amide bonds. The SMILES string of the molecule is CCN(CC(C)CN)c1ccnc2cc(Br)cnc12. The molecule has 2 N–H and O–H groups in total. The van der Waals surface area contributed by atoms with Crippen LogP contribution in [0.15, 0.2) is 29.0 Å². The van der Waals surface area contributed by atoms with E-state index in [2.05, 4.69) is 44.6 Å². The van der Waals surface area contributed by atoms with Crippen molar-refractivity contribution in [1.29, 1.82) is 0 Å². The summed E-state index contributed by atoms with van der Waals surface area (Å²) in [5.74, 6) is 0.457. The van der Waals surface area contributed by atoms with Crippen molar-refractivity contribution in [2.24, 2.45) is 11.7 Å². The van der Waals surface area contributed by atoms with Crippen molar-refractivity contribution in [2.75, 3.05) is 24.5 Å². The van der Waals surface area contributed by atoms with Crippen molar-refractivity contribution >= 4 is 32.7 Å². The third kappa shape index (κ3) is 3.22. The van der Waals surface area contributed by atoms with E-state index in [1.807, 2.05) is 24.5 Å². The Kier molecular flexibility index (Phi) is 4.71. The molecule has 0 saturated carbocycles. The van der Waals surface area contributed by atoms with Gasteiger partial charge in [0.25, 0.3) is 0 Å². The summed E-state index contributed by atoms with van der Waals surface area (Å²) in [6.07, 6.45) is 3.65. The standard InChI is InChI=1S/C14H19BrN4/c1-3-19(9-10(2)7-16)13-4-5-17-12-6-11(15)8-18-14(12)13/h4-6,8,10H,3,7,9,16H2,1-2H3. The molecule has 102 valence electrons. The lowest BCUT2D eigenvalue weighted by atomic mass is 10.1. The first-order valence-corrected chi connectivity index (χ1v) is 7.30. The maximum Gasteiger partial charge on any atom is 0.112 e. The maximum atomic E-state index is 5.72. The fourth-order valence-corrected chi connectivity index (χ4v) is 2.41. The molecule has 0 bridgehead atoms. The summed E-state index contributed by atoms with van der Waals surface area (Å²) < 4.78 is 0.947. The van der Waals surface area contributed by atoms with Crippen LogP contribution in [0, 0.1) is 5.92 Å². The molecule has 5 heteroatoms. The third-order valence-electron chi connectivity index (χ3n) is 3.18. The van der Waals surface area contributed by atoms with E-state index in [9.17, 15) is 0 Å². The highest BCUT2D eigenvalue weighted by Gasteiger charge is 2.13. The summed E-state index contributed by atoms with van der Waals surface area (Å²) in [4.78, 5) is 11.2. The van der Waals surface area contributed by atoms with Crippen LogP contribution in [0.4, 0.5) is 5.69 Å². The van der Waals surface area contributed by atoms with Gasteiger partial charge in [0.2, 0.25) is 0 Å². The first kappa shape index (κ1) is 14.2. The lowest BCUT2D eigenvalue weighted by Gasteiger charge is -2.26. The van der Waals surface area contributed by atoms with Gasteiger partial charge < -0.3 is 10.6 Å². The molecule has 0 aromatic carbocycles. The quantitative estimate of drug-likeness (QED) is 0.919. The van der Waals surface area contributed by atoms with Crippen LogP contribution in [0.25, 0.3) is 11.0 Å². The highest BCUT2D eigenvalue weighted by Crippen LogP contribution is 2.25. The monoisotopic (exact) mass is 322 g/mol. The van der Waals surface area contributed by atoms with E-state index in [-0.39, 0.29) is 0 Å². The number of nitrogens with two attached hydrogens (primary N) is 1. The van der Waals surface area contributed by atoms with E-state index in [1.165, 1.54) is 0 Å². The third-order valence-corrected chi connectivity index (χ3v) is 3.61. The largest absolute Gasteiger partial charge is 0.370 e. The summed E-state index contributed by atoms with van der Waals surface area (Å²) in [5.41, 5.74) is 8.70. The van der Waals surface area contributed by atoms with Gasteiger partial charge in [-0.3, -0.25) is 9.97 Å². The lowest BCUT2D eigenvalue weighted by Crippen LogP contribution is -2.31. The van der Waals surface area contributed by atoms with Crippen LogP contribution in [0.3, 0.4) is 0 Å². The average Bonchev–Trinajstić information content (AvgIpc) is 2.43. The first-order chi connectivity index (χ1) is 9.15. The number of hydrogen-bond acceptors (Lipinski definition) is 4. The van der Waals surface area contributed by atoms with E-state index in [4.69, 9.17) is 5.73 Å². The van der Waals surface area contributed by atoms with Crippen molar-refractivity contribution in [1.82, 2.24) is 9.97 Å². The second-order valence-electron chi connectivity index (χ2n) is 4.73. The first-order valence-electron chi connectivity index (χ1n) is 6.51. The summed E-state index contributed by atoms with van der Waals surface area (Å²) in [6.45, 7) is 6.87. The number of halogens is 1. The molecule has 19 heavy (non-hydrogen) atoms. The summed E-state index contributed by atoms with van der Waals surface area (Å²) in [6, 6.07) is 4.02. The van der Waals surface area contributed by atoms with Crippen LogP contribution in [-0.2, 0) is 0 Å². The van der Waals surface area contributed by atoms with E-state index in [0.717, 1.165) is 34.3 Å². The van der Waals surface area contributed by atoms with Crippen LogP contribution >= 0.6 is 15.9 Å². The van der Waals surface area contributed by atoms with E-state index >= 15 is 0 Å². The molecule has 0 saturated heterocycles. The Morgan fingerprint density at radius 2 is 2.21 bits per heavy atom. The maximum absolute atomic E-state index is 5.72. The van der Waals surface area contributed by atoms with Crippen LogP contribution in [-0.4, -0.2) is 29.6 Å². The van der Waals surface area contributed by atoms with E-state index < -0.39 is 0 Å². The van der Waals surface area contributed by atoms with Crippen LogP contribution < -0.4 is 10.6 Å². The molecule has 1 atom stereocenters. The van der Waals surface area contributed by atoms with Gasteiger partial charge in [-0.1, -0.05) is 6.92 Å². The molecule has 4 nitrogen and oxygen atoms in total. The fraction of sp³-hybridized carbons (Fsp3) is 0.429. The van der Waals surface area contributed by atoms with Gasteiger partial charge in [0.15, 0.2) is 0 Å². The zero-order chi connectivity index (χ0) is 13.8. The van der Waals surface area contributed by atoms with Crippen LogP contribution in [0.1, 0.15) is 13.8 Å². The smallest absolute Gasteiger partial charge is 0.112 e. The normalized spacial score (nSPS) is 12.6. The minimum atomic E-state index is 0.457. The number of anilines is 1. The Morgan fingerprint density at radius 1 is 1.42 bits per heavy atom. The predicted octanol–water partition coefficient (Wildman–Crippen LogP) is 2.81. The van der Waals surface area contributed by atoms with Crippen molar-refractivity contribution in [2.45, 2.75) is 13.8 Å². The minimum Gasteiger partial charge on any atom is -0.370 e. The van der Waals surface area contributed by atoms with Gasteiger partial charge in [-0.15, -0.1) is 0 Å². The number of nitrogens with zero attached hydrogens (tertiary/aromatic N) is 3. The van der Waals surface area contributed by atoms with Gasteiger partial charge >= 0.3 is 0 Å². The second kappa shape index (κ2) is 6.30. The Morgan fingerprint density at radius 3 is 2.89 bits per heavy atom. The number of hydrogen-bond donors (Lipinski definition) is 1. The molecular formula is C14H19BrN4. The van der Waals surface area contributed by atoms with Crippen LogP contribution in [0.5, 0.6) is 0 Å². The summed E-state index contributed by atoms with van der Waals surface area (Å²) in [5, 5.41) is 0. The Bertz CT molecular complexity index is 558. The summed E-state index contributed by atoms with van der Waals surface area (Å²) in [7, 11) is 0. The van der Waals surface area contributed by atoms with Gasteiger partial charge in [0, 0.05) is 30.0 Å². The number of aromatic nitrogens is 2. The van der Waals surface area contributed by atoms with Gasteiger partial charge in [-0.05, 0) is 47.4 Å². The highest BCUT2D eigenvalue weighted by molar-refractivity contribution is 9.10. The molecule has 0 aliphatic heterocycles. The molecule has 0 radical (unpaired) electrons. The van der Waals surface area contributed by atoms with Crippen molar-refractivity contribution in [3.8, 4) is 0 Å². The van der Waals surface area contributed by atoms with Crippen molar-refractivity contribution < 1.29 is 0 Å². The second-order valence-corrected chi connectivity index (χ2v) is 5.65. The zero-order valence-electron chi connectivity index (χ0n) is 11.3. The highest BCUT2D eigenvalue weighted by atomic mass is 79.9. The Labute approximate surface area is 122 Å². The molecule has 0 aliphatic carbocycles. The Balaban J connectivity index is 2.42. The molecule has 0 fully saturated rings. The molecule has 2 aromatic rings. The Hall–Kier alpha value is -1.20. The molecular weight excluding hydrogens is 304 g/mol. The van der Waals surface area contributed by atoms with E-state index in [0.29, 0.717) is 12.5 Å². The molecule has 0 aliphatic rings. The molecule has 2 rings (SSSR count). The van der Waals surface area contributed by atoms with Gasteiger partial charge in [0.05, 0.1) is 11.2 Å². The molecule has 2 heterocycles. The molecule has 2 aromatic heterocycles. The zero-order valence-corrected chi connectivity index (χ0v) is 12.9. The predicted molar refractivity (Wildman–Crippen MR) is 83.3 cm³/mol.